The summed E-state index contributed by atoms with van der Waals surface area (Å²) in [6.45, 7) is 2.61. The van der Waals surface area contributed by atoms with Crippen LogP contribution in [0.1, 0.15) is 21.6 Å². The van der Waals surface area contributed by atoms with Crippen molar-refractivity contribution in [2.75, 3.05) is 18.0 Å². The van der Waals surface area contributed by atoms with Gasteiger partial charge in [-0.05, 0) is 41.0 Å². The Balaban J connectivity index is 1.51. The highest BCUT2D eigenvalue weighted by Gasteiger charge is 2.25. The summed E-state index contributed by atoms with van der Waals surface area (Å²) in [7, 11) is 0. The third-order valence-corrected chi connectivity index (χ3v) is 5.63. The monoisotopic (exact) mass is 409 g/mol. The van der Waals surface area contributed by atoms with Crippen molar-refractivity contribution in [1.82, 2.24) is 19.9 Å². The molecule has 6 nitrogen and oxygen atoms in total. The molecule has 2 aromatic heterocycles. The second-order valence-corrected chi connectivity index (χ2v) is 7.66. The van der Waals surface area contributed by atoms with Crippen LogP contribution in [0.4, 0.5) is 5.69 Å². The molecule has 154 valence electrons. The van der Waals surface area contributed by atoms with Crippen molar-refractivity contribution in [1.29, 1.82) is 0 Å². The van der Waals surface area contributed by atoms with Crippen LogP contribution in [0, 0.1) is 0 Å². The molecule has 2 aromatic carbocycles. The van der Waals surface area contributed by atoms with Crippen molar-refractivity contribution in [3.63, 3.8) is 0 Å². The number of hydrogen-bond acceptors (Lipinski definition) is 4. The number of rotatable bonds is 4. The lowest BCUT2D eigenvalue weighted by Crippen LogP contribution is -2.35. The van der Waals surface area contributed by atoms with E-state index >= 15 is 0 Å². The van der Waals surface area contributed by atoms with Gasteiger partial charge in [-0.15, -0.1) is 0 Å². The van der Waals surface area contributed by atoms with E-state index < -0.39 is 0 Å². The molecule has 0 saturated carbocycles. The van der Waals surface area contributed by atoms with Gasteiger partial charge in [-0.3, -0.25) is 9.78 Å². The van der Waals surface area contributed by atoms with Crippen LogP contribution in [-0.2, 0) is 13.1 Å². The number of hydrogen-bond donors (Lipinski definition) is 1. The van der Waals surface area contributed by atoms with Gasteiger partial charge in [0.05, 0.1) is 24.1 Å². The fourth-order valence-corrected chi connectivity index (χ4v) is 4.06. The molecule has 0 fully saturated rings. The molecule has 5 rings (SSSR count). The molecule has 0 unspecified atom stereocenters. The molecule has 0 atom stereocenters. The highest BCUT2D eigenvalue weighted by molar-refractivity contribution is 5.94. The second kappa shape index (κ2) is 8.44. The van der Waals surface area contributed by atoms with Gasteiger partial charge >= 0.3 is 0 Å². The summed E-state index contributed by atoms with van der Waals surface area (Å²) in [6, 6.07) is 20.5. The molecule has 0 spiro atoms. The van der Waals surface area contributed by atoms with E-state index in [2.05, 4.69) is 50.2 Å². The van der Waals surface area contributed by atoms with E-state index in [9.17, 15) is 4.79 Å². The summed E-state index contributed by atoms with van der Waals surface area (Å²) in [5.41, 5.74) is 6.18. The molecule has 1 N–H and O–H groups in total. The van der Waals surface area contributed by atoms with Gasteiger partial charge < -0.3 is 14.8 Å². The number of nitrogens with one attached hydrogen (secondary N) is 1. The minimum Gasteiger partial charge on any atom is -0.364 e. The Labute approximate surface area is 181 Å². The SMILES string of the molecule is O=C(c1cccnc1)N1CCN(Cc2c[nH]cn2)c2ccc(-c3ccccc3)cc2C1. The van der Waals surface area contributed by atoms with Gasteiger partial charge in [-0.2, -0.15) is 0 Å². The summed E-state index contributed by atoms with van der Waals surface area (Å²) >= 11 is 0. The van der Waals surface area contributed by atoms with Gasteiger partial charge in [0.2, 0.25) is 0 Å². The summed E-state index contributed by atoms with van der Waals surface area (Å²) in [6.07, 6.45) is 6.94. The number of nitrogens with zero attached hydrogens (tertiary/aromatic N) is 4. The first-order valence-electron chi connectivity index (χ1n) is 10.4. The average Bonchev–Trinajstić information content (AvgIpc) is 3.28. The summed E-state index contributed by atoms with van der Waals surface area (Å²) < 4.78 is 0. The number of pyridine rings is 1. The fraction of sp³-hybridized carbons (Fsp3) is 0.160. The molecular weight excluding hydrogens is 386 g/mol. The van der Waals surface area contributed by atoms with Gasteiger partial charge in [0.15, 0.2) is 0 Å². The number of amides is 1. The zero-order valence-corrected chi connectivity index (χ0v) is 17.1. The van der Waals surface area contributed by atoms with E-state index in [0.717, 1.165) is 29.1 Å². The van der Waals surface area contributed by atoms with Crippen LogP contribution >= 0.6 is 0 Å². The van der Waals surface area contributed by atoms with Gasteiger partial charge in [0.1, 0.15) is 0 Å². The van der Waals surface area contributed by atoms with Crippen molar-refractivity contribution < 1.29 is 4.79 Å². The van der Waals surface area contributed by atoms with Crippen molar-refractivity contribution in [3.8, 4) is 11.1 Å². The molecule has 1 aliphatic heterocycles. The minimum atomic E-state index is 0.00536. The van der Waals surface area contributed by atoms with E-state index in [-0.39, 0.29) is 5.91 Å². The standard InChI is InChI=1S/C25H23N5O/c31-25(21-7-4-10-26-14-21)30-12-11-29(17-23-15-27-18-28-23)24-9-8-20(13-22(24)16-30)19-5-2-1-3-6-19/h1-10,13-15,18H,11-12,16-17H2,(H,27,28). The lowest BCUT2D eigenvalue weighted by Gasteiger charge is -2.24. The van der Waals surface area contributed by atoms with Crippen molar-refractivity contribution in [2.24, 2.45) is 0 Å². The van der Waals surface area contributed by atoms with Gasteiger partial charge in [0.25, 0.3) is 5.91 Å². The van der Waals surface area contributed by atoms with Crippen LogP contribution in [-0.4, -0.2) is 38.8 Å². The van der Waals surface area contributed by atoms with E-state index in [4.69, 9.17) is 0 Å². The summed E-state index contributed by atoms with van der Waals surface area (Å²) in [4.78, 5) is 28.9. The summed E-state index contributed by atoms with van der Waals surface area (Å²) in [5.74, 6) is 0.00536. The zero-order chi connectivity index (χ0) is 21.0. The van der Waals surface area contributed by atoms with Crippen LogP contribution in [0.2, 0.25) is 0 Å². The van der Waals surface area contributed by atoms with Crippen LogP contribution in [0.5, 0.6) is 0 Å². The lowest BCUT2D eigenvalue weighted by molar-refractivity contribution is 0.0751. The zero-order valence-electron chi connectivity index (χ0n) is 17.1. The highest BCUT2D eigenvalue weighted by Crippen LogP contribution is 2.31. The van der Waals surface area contributed by atoms with Crippen LogP contribution < -0.4 is 4.90 Å². The Morgan fingerprint density at radius 3 is 2.68 bits per heavy atom. The molecule has 1 amide bonds. The van der Waals surface area contributed by atoms with E-state index in [1.807, 2.05) is 35.4 Å². The van der Waals surface area contributed by atoms with E-state index in [0.29, 0.717) is 25.2 Å². The maximum absolute atomic E-state index is 13.2. The first-order valence-corrected chi connectivity index (χ1v) is 10.4. The number of aromatic amines is 1. The smallest absolute Gasteiger partial charge is 0.255 e. The van der Waals surface area contributed by atoms with Gasteiger partial charge in [-0.25, -0.2) is 4.98 Å². The molecule has 6 heteroatoms. The van der Waals surface area contributed by atoms with Gasteiger partial charge in [-0.1, -0.05) is 36.4 Å². The number of fused-ring (bicyclic) bond motifs is 1. The van der Waals surface area contributed by atoms with Crippen LogP contribution in [0.15, 0.2) is 85.6 Å². The first-order chi connectivity index (χ1) is 15.3. The lowest BCUT2D eigenvalue weighted by atomic mass is 10.0. The van der Waals surface area contributed by atoms with Crippen LogP contribution in [0.25, 0.3) is 11.1 Å². The third-order valence-electron chi connectivity index (χ3n) is 5.63. The summed E-state index contributed by atoms with van der Waals surface area (Å²) in [5, 5.41) is 0. The van der Waals surface area contributed by atoms with E-state index in [1.54, 1.807) is 24.8 Å². The number of H-pyrrole nitrogens is 1. The second-order valence-electron chi connectivity index (χ2n) is 7.66. The number of anilines is 1. The van der Waals surface area contributed by atoms with Crippen LogP contribution in [0.3, 0.4) is 0 Å². The Kier molecular flexibility index (Phi) is 5.19. The number of carbonyl (C=O) groups excluding carboxylic acids is 1. The number of carbonyl (C=O) groups is 1. The van der Waals surface area contributed by atoms with Crippen molar-refractivity contribution >= 4 is 11.6 Å². The van der Waals surface area contributed by atoms with Crippen molar-refractivity contribution in [3.05, 3.63) is 102 Å². The molecule has 4 aromatic rings. The number of aromatic nitrogens is 3. The number of benzene rings is 2. The van der Waals surface area contributed by atoms with Crippen molar-refractivity contribution in [2.45, 2.75) is 13.1 Å². The molecule has 3 heterocycles. The molecular formula is C25H23N5O. The van der Waals surface area contributed by atoms with Gasteiger partial charge in [0, 0.05) is 43.9 Å². The molecule has 31 heavy (non-hydrogen) atoms. The Bertz CT molecular complexity index is 1160. The Morgan fingerprint density at radius 2 is 1.90 bits per heavy atom. The normalized spacial score (nSPS) is 13.5. The number of imidazole rings is 1. The molecule has 1 aliphatic rings. The quantitative estimate of drug-likeness (QED) is 0.550. The minimum absolute atomic E-state index is 0.00536. The first kappa shape index (κ1) is 19.1. The predicted octanol–water partition coefficient (Wildman–Crippen LogP) is 4.13. The maximum atomic E-state index is 13.2. The highest BCUT2D eigenvalue weighted by atomic mass is 16.2. The topological polar surface area (TPSA) is 65.1 Å². The maximum Gasteiger partial charge on any atom is 0.255 e. The molecule has 0 saturated heterocycles. The van der Waals surface area contributed by atoms with E-state index in [1.165, 1.54) is 5.56 Å². The molecule has 0 bridgehead atoms. The molecule has 0 aliphatic carbocycles. The Hall–Kier alpha value is -3.93. The fourth-order valence-electron chi connectivity index (χ4n) is 4.06. The Morgan fingerprint density at radius 1 is 1.00 bits per heavy atom. The average molecular weight is 409 g/mol. The third kappa shape index (κ3) is 4.05. The largest absolute Gasteiger partial charge is 0.364 e. The predicted molar refractivity (Wildman–Crippen MR) is 120 cm³/mol. The molecule has 0 radical (unpaired) electrons.